The Labute approximate surface area is 77.3 Å². The number of hydrogen-bond donors (Lipinski definition) is 1. The average molecular weight is 214 g/mol. The Bertz CT molecular complexity index is 152. The molecule has 1 unspecified atom stereocenters. The molecule has 6 heteroatoms. The van der Waals surface area contributed by atoms with Crippen molar-refractivity contribution < 1.29 is 18.5 Å². The topological polar surface area (TPSA) is 55.8 Å². The molecule has 0 rings (SSSR count). The van der Waals surface area contributed by atoms with Gasteiger partial charge in [0.15, 0.2) is 0 Å². The Hall–Kier alpha value is 0.460. The van der Waals surface area contributed by atoms with Crippen LogP contribution in [0.3, 0.4) is 0 Å². The van der Waals surface area contributed by atoms with Gasteiger partial charge in [-0.2, -0.15) is 11.8 Å². The van der Waals surface area contributed by atoms with E-state index in [0.717, 1.165) is 5.75 Å². The highest BCUT2D eigenvalue weighted by molar-refractivity contribution is 7.99. The van der Waals surface area contributed by atoms with Crippen molar-refractivity contribution in [1.29, 1.82) is 0 Å². The fourth-order valence-corrected chi connectivity index (χ4v) is 1.89. The molecule has 0 saturated heterocycles. The number of thioether (sulfide) groups is 1. The van der Waals surface area contributed by atoms with Gasteiger partial charge >= 0.3 is 7.82 Å². The summed E-state index contributed by atoms with van der Waals surface area (Å²) in [4.78, 5) is 8.92. The van der Waals surface area contributed by atoms with Crippen LogP contribution in [0.5, 0.6) is 0 Å². The molecule has 0 aliphatic rings. The largest absolute Gasteiger partial charge is 0.472 e. The van der Waals surface area contributed by atoms with E-state index in [9.17, 15) is 4.57 Å². The van der Waals surface area contributed by atoms with Crippen LogP contribution in [0.15, 0.2) is 0 Å². The lowest BCUT2D eigenvalue weighted by atomic mass is 10.9. The van der Waals surface area contributed by atoms with Crippen LogP contribution in [-0.2, 0) is 13.6 Å². The molecule has 0 aliphatic carbocycles. The van der Waals surface area contributed by atoms with Gasteiger partial charge in [0, 0.05) is 5.75 Å². The molecule has 0 spiro atoms. The smallest absolute Gasteiger partial charge is 0.302 e. The number of phosphoric acid groups is 1. The lowest BCUT2D eigenvalue weighted by Gasteiger charge is -2.09. The second kappa shape index (κ2) is 6.92. The van der Waals surface area contributed by atoms with Crippen molar-refractivity contribution in [2.45, 2.75) is 13.8 Å². The van der Waals surface area contributed by atoms with Gasteiger partial charge in [-0.25, -0.2) is 4.57 Å². The van der Waals surface area contributed by atoms with E-state index in [4.69, 9.17) is 4.89 Å². The van der Waals surface area contributed by atoms with E-state index in [1.165, 1.54) is 0 Å². The fourth-order valence-electron chi connectivity index (χ4n) is 0.556. The summed E-state index contributed by atoms with van der Waals surface area (Å²) in [6.45, 7) is 4.11. The molecule has 0 heterocycles. The Morgan fingerprint density at radius 3 is 2.58 bits per heavy atom. The van der Waals surface area contributed by atoms with Crippen molar-refractivity contribution in [3.05, 3.63) is 0 Å². The maximum absolute atomic E-state index is 10.9. The van der Waals surface area contributed by atoms with Crippen molar-refractivity contribution in [2.75, 3.05) is 24.7 Å². The fraction of sp³-hybridized carbons (Fsp3) is 1.00. The molecule has 0 aromatic heterocycles. The zero-order valence-corrected chi connectivity index (χ0v) is 9.07. The molecule has 0 fully saturated rings. The summed E-state index contributed by atoms with van der Waals surface area (Å²) in [5.74, 6) is 1.70. The second-order valence-electron chi connectivity index (χ2n) is 1.92. The molecule has 0 aromatic carbocycles. The molecule has 0 bridgehead atoms. The number of rotatable bonds is 7. The van der Waals surface area contributed by atoms with Crippen molar-refractivity contribution >= 4 is 19.6 Å². The molecular formula is C6H15O4PS. The van der Waals surface area contributed by atoms with Crippen molar-refractivity contribution in [3.8, 4) is 0 Å². The van der Waals surface area contributed by atoms with Crippen LogP contribution in [0.4, 0.5) is 0 Å². The summed E-state index contributed by atoms with van der Waals surface area (Å²) in [5.41, 5.74) is 0. The highest BCUT2D eigenvalue weighted by atomic mass is 32.2. The minimum atomic E-state index is -3.75. The molecule has 4 nitrogen and oxygen atoms in total. The highest BCUT2D eigenvalue weighted by Crippen LogP contribution is 2.42. The normalized spacial score (nSPS) is 15.9. The molecule has 0 amide bonds. The third-order valence-corrected chi connectivity index (χ3v) is 2.94. The standard InChI is InChI=1S/C6H15O4PS/c1-3-9-11(7,8)10-5-6-12-4-2/h3-6H2,1-2H3,(H,7,8). The van der Waals surface area contributed by atoms with Crippen LogP contribution >= 0.6 is 19.6 Å². The van der Waals surface area contributed by atoms with Gasteiger partial charge in [0.1, 0.15) is 0 Å². The predicted molar refractivity (Wildman–Crippen MR) is 50.4 cm³/mol. The van der Waals surface area contributed by atoms with Gasteiger partial charge in [-0.1, -0.05) is 6.92 Å². The van der Waals surface area contributed by atoms with Gasteiger partial charge in [-0.3, -0.25) is 9.05 Å². The molecule has 1 atom stereocenters. The van der Waals surface area contributed by atoms with Crippen molar-refractivity contribution in [1.82, 2.24) is 0 Å². The van der Waals surface area contributed by atoms with Gasteiger partial charge in [0.05, 0.1) is 13.2 Å². The average Bonchev–Trinajstić information content (AvgIpc) is 1.98. The van der Waals surface area contributed by atoms with E-state index in [1.807, 2.05) is 6.92 Å². The molecule has 0 aromatic rings. The third-order valence-electron chi connectivity index (χ3n) is 0.978. The van der Waals surface area contributed by atoms with E-state index in [2.05, 4.69) is 9.05 Å². The maximum Gasteiger partial charge on any atom is 0.472 e. The lowest BCUT2D eigenvalue weighted by molar-refractivity contribution is 0.162. The molecule has 74 valence electrons. The van der Waals surface area contributed by atoms with Crippen LogP contribution in [0.1, 0.15) is 13.8 Å². The van der Waals surface area contributed by atoms with Crippen LogP contribution in [0, 0.1) is 0 Å². The third kappa shape index (κ3) is 7.13. The van der Waals surface area contributed by atoms with Crippen molar-refractivity contribution in [3.63, 3.8) is 0 Å². The zero-order chi connectivity index (χ0) is 9.45. The Balaban J connectivity index is 3.41. The zero-order valence-electron chi connectivity index (χ0n) is 7.36. The van der Waals surface area contributed by atoms with E-state index >= 15 is 0 Å². The van der Waals surface area contributed by atoms with Gasteiger partial charge < -0.3 is 4.89 Å². The lowest BCUT2D eigenvalue weighted by Crippen LogP contribution is -1.98. The first-order valence-electron chi connectivity index (χ1n) is 3.82. The molecule has 0 radical (unpaired) electrons. The Kier molecular flexibility index (Phi) is 7.19. The van der Waals surface area contributed by atoms with Crippen LogP contribution in [0.25, 0.3) is 0 Å². The summed E-state index contributed by atoms with van der Waals surface area (Å²) in [5, 5.41) is 0. The summed E-state index contributed by atoms with van der Waals surface area (Å²) in [6, 6.07) is 0. The molecule has 12 heavy (non-hydrogen) atoms. The van der Waals surface area contributed by atoms with Gasteiger partial charge in [0.2, 0.25) is 0 Å². The Morgan fingerprint density at radius 1 is 1.42 bits per heavy atom. The predicted octanol–water partition coefficient (Wildman–Crippen LogP) is 1.89. The van der Waals surface area contributed by atoms with Crippen LogP contribution in [0.2, 0.25) is 0 Å². The Morgan fingerprint density at radius 2 is 2.08 bits per heavy atom. The molecule has 1 N–H and O–H groups in total. The summed E-state index contributed by atoms with van der Waals surface area (Å²) < 4.78 is 20.0. The first kappa shape index (κ1) is 12.5. The van der Waals surface area contributed by atoms with Crippen LogP contribution < -0.4 is 0 Å². The van der Waals surface area contributed by atoms with Crippen molar-refractivity contribution in [2.24, 2.45) is 0 Å². The van der Waals surface area contributed by atoms with Gasteiger partial charge in [-0.15, -0.1) is 0 Å². The summed E-state index contributed by atoms with van der Waals surface area (Å²) >= 11 is 1.65. The highest BCUT2D eigenvalue weighted by Gasteiger charge is 2.18. The quantitative estimate of drug-likeness (QED) is 0.518. The first-order valence-corrected chi connectivity index (χ1v) is 6.47. The number of phosphoric ester groups is 1. The second-order valence-corrected chi connectivity index (χ2v) is 4.76. The van der Waals surface area contributed by atoms with E-state index in [1.54, 1.807) is 18.7 Å². The van der Waals surface area contributed by atoms with Gasteiger partial charge in [-0.05, 0) is 12.7 Å². The maximum atomic E-state index is 10.9. The first-order chi connectivity index (χ1) is 5.62. The monoisotopic (exact) mass is 214 g/mol. The molecule has 0 aliphatic heterocycles. The number of hydrogen-bond acceptors (Lipinski definition) is 4. The molecule has 0 saturated carbocycles. The van der Waals surface area contributed by atoms with Gasteiger partial charge in [0.25, 0.3) is 0 Å². The van der Waals surface area contributed by atoms with E-state index < -0.39 is 7.82 Å². The van der Waals surface area contributed by atoms with E-state index in [0.29, 0.717) is 5.75 Å². The summed E-state index contributed by atoms with van der Waals surface area (Å²) in [7, 11) is -3.75. The summed E-state index contributed by atoms with van der Waals surface area (Å²) in [6.07, 6.45) is 0. The SMILES string of the molecule is CCOP(=O)(O)OCCSCC. The minimum Gasteiger partial charge on any atom is -0.302 e. The van der Waals surface area contributed by atoms with Crippen LogP contribution in [-0.4, -0.2) is 29.6 Å². The minimum absolute atomic E-state index is 0.189. The van der Waals surface area contributed by atoms with E-state index in [-0.39, 0.29) is 13.2 Å². The molecular weight excluding hydrogens is 199 g/mol.